The fourth-order valence-electron chi connectivity index (χ4n) is 1.78. The van der Waals surface area contributed by atoms with E-state index in [-0.39, 0.29) is 17.8 Å². The van der Waals surface area contributed by atoms with Gasteiger partial charge < -0.3 is 10.6 Å². The first kappa shape index (κ1) is 14.9. The van der Waals surface area contributed by atoms with Gasteiger partial charge >= 0.3 is 0 Å². The number of anilines is 1. The van der Waals surface area contributed by atoms with Crippen molar-refractivity contribution in [2.75, 3.05) is 11.9 Å². The highest BCUT2D eigenvalue weighted by molar-refractivity contribution is 5.94. The SMILES string of the molecule is CCNc1c(F)cc(C(=O)NCc2ncn(C)n2)cc1F. The van der Waals surface area contributed by atoms with E-state index >= 15 is 0 Å². The zero-order valence-corrected chi connectivity index (χ0v) is 11.7. The average Bonchev–Trinajstić information content (AvgIpc) is 2.85. The molecule has 1 heterocycles. The minimum atomic E-state index is -0.807. The minimum absolute atomic E-state index is 0.0812. The number of nitrogens with one attached hydrogen (secondary N) is 2. The first-order valence-corrected chi connectivity index (χ1v) is 6.37. The summed E-state index contributed by atoms with van der Waals surface area (Å²) in [6, 6.07) is 1.98. The molecule has 0 atom stereocenters. The Labute approximate surface area is 120 Å². The highest BCUT2D eigenvalue weighted by Crippen LogP contribution is 2.20. The van der Waals surface area contributed by atoms with Crippen molar-refractivity contribution in [3.05, 3.63) is 41.5 Å². The number of aryl methyl sites for hydroxylation is 1. The number of halogens is 2. The summed E-state index contributed by atoms with van der Waals surface area (Å²) in [4.78, 5) is 15.8. The average molecular weight is 295 g/mol. The van der Waals surface area contributed by atoms with Crippen LogP contribution in [0.1, 0.15) is 23.1 Å². The van der Waals surface area contributed by atoms with Gasteiger partial charge in [-0.1, -0.05) is 0 Å². The van der Waals surface area contributed by atoms with Crippen molar-refractivity contribution in [2.45, 2.75) is 13.5 Å². The van der Waals surface area contributed by atoms with Crippen LogP contribution >= 0.6 is 0 Å². The first-order chi connectivity index (χ1) is 10.0. The molecule has 2 N–H and O–H groups in total. The fourth-order valence-corrected chi connectivity index (χ4v) is 1.78. The topological polar surface area (TPSA) is 71.8 Å². The fraction of sp³-hybridized carbons (Fsp3) is 0.308. The smallest absolute Gasteiger partial charge is 0.251 e. The van der Waals surface area contributed by atoms with E-state index in [1.165, 1.54) is 11.0 Å². The van der Waals surface area contributed by atoms with Gasteiger partial charge in [0, 0.05) is 19.2 Å². The molecule has 0 saturated heterocycles. The molecule has 0 bridgehead atoms. The Balaban J connectivity index is 2.08. The number of hydrogen-bond acceptors (Lipinski definition) is 4. The summed E-state index contributed by atoms with van der Waals surface area (Å²) in [5, 5.41) is 9.05. The van der Waals surface area contributed by atoms with Crippen molar-refractivity contribution in [1.82, 2.24) is 20.1 Å². The van der Waals surface area contributed by atoms with E-state index in [0.29, 0.717) is 12.4 Å². The summed E-state index contributed by atoms with van der Waals surface area (Å²) in [7, 11) is 1.70. The molecule has 8 heteroatoms. The summed E-state index contributed by atoms with van der Waals surface area (Å²) >= 11 is 0. The molecule has 21 heavy (non-hydrogen) atoms. The first-order valence-electron chi connectivity index (χ1n) is 6.37. The Hall–Kier alpha value is -2.51. The second kappa shape index (κ2) is 6.29. The normalized spacial score (nSPS) is 10.5. The number of benzene rings is 1. The van der Waals surface area contributed by atoms with E-state index in [9.17, 15) is 13.6 Å². The van der Waals surface area contributed by atoms with Crippen molar-refractivity contribution in [2.24, 2.45) is 7.05 Å². The lowest BCUT2D eigenvalue weighted by molar-refractivity contribution is 0.0949. The predicted molar refractivity (Wildman–Crippen MR) is 72.7 cm³/mol. The molecule has 112 valence electrons. The van der Waals surface area contributed by atoms with Gasteiger partial charge in [0.15, 0.2) is 5.82 Å². The number of carbonyl (C=O) groups is 1. The van der Waals surface area contributed by atoms with Crippen LogP contribution in [0.15, 0.2) is 18.5 Å². The van der Waals surface area contributed by atoms with Crippen LogP contribution in [0.4, 0.5) is 14.5 Å². The van der Waals surface area contributed by atoms with Gasteiger partial charge in [0.05, 0.1) is 6.54 Å². The molecule has 1 amide bonds. The van der Waals surface area contributed by atoms with E-state index in [0.717, 1.165) is 12.1 Å². The number of aromatic nitrogens is 3. The summed E-state index contributed by atoms with van der Waals surface area (Å²) in [5.74, 6) is -1.80. The second-order valence-electron chi connectivity index (χ2n) is 4.36. The van der Waals surface area contributed by atoms with Crippen molar-refractivity contribution < 1.29 is 13.6 Å². The van der Waals surface area contributed by atoms with Crippen LogP contribution in [-0.2, 0) is 13.6 Å². The summed E-state index contributed by atoms with van der Waals surface area (Å²) < 4.78 is 28.9. The van der Waals surface area contributed by atoms with Crippen LogP contribution in [0.3, 0.4) is 0 Å². The molecular formula is C13H15F2N5O. The standard InChI is InChI=1S/C13H15F2N5O/c1-3-16-12-9(14)4-8(5-10(12)15)13(21)17-6-11-18-7-20(2)19-11/h4-5,7,16H,3,6H2,1-2H3,(H,17,21). The van der Waals surface area contributed by atoms with Crippen LogP contribution in [0.2, 0.25) is 0 Å². The largest absolute Gasteiger partial charge is 0.381 e. The third-order valence-corrected chi connectivity index (χ3v) is 2.71. The lowest BCUT2D eigenvalue weighted by Gasteiger charge is -2.09. The predicted octanol–water partition coefficient (Wildman–Crippen LogP) is 1.46. The molecule has 0 fully saturated rings. The Kier molecular flexibility index (Phi) is 4.46. The molecule has 6 nitrogen and oxygen atoms in total. The Morgan fingerprint density at radius 3 is 2.52 bits per heavy atom. The highest BCUT2D eigenvalue weighted by atomic mass is 19.1. The molecule has 0 unspecified atom stereocenters. The maximum Gasteiger partial charge on any atom is 0.251 e. The lowest BCUT2D eigenvalue weighted by Crippen LogP contribution is -2.24. The van der Waals surface area contributed by atoms with Crippen LogP contribution in [-0.4, -0.2) is 27.2 Å². The van der Waals surface area contributed by atoms with E-state index in [1.807, 2.05) is 0 Å². The molecule has 2 rings (SSSR count). The lowest BCUT2D eigenvalue weighted by atomic mass is 10.1. The Morgan fingerprint density at radius 1 is 1.33 bits per heavy atom. The van der Waals surface area contributed by atoms with Gasteiger partial charge in [0.2, 0.25) is 0 Å². The van der Waals surface area contributed by atoms with Crippen LogP contribution in [0, 0.1) is 11.6 Å². The summed E-state index contributed by atoms with van der Waals surface area (Å²) in [5.41, 5.74) is -0.331. The molecule has 0 aliphatic carbocycles. The second-order valence-corrected chi connectivity index (χ2v) is 4.36. The summed E-state index contributed by atoms with van der Waals surface area (Å²) in [6.07, 6.45) is 1.49. The van der Waals surface area contributed by atoms with Crippen molar-refractivity contribution in [3.8, 4) is 0 Å². The minimum Gasteiger partial charge on any atom is -0.381 e. The van der Waals surface area contributed by atoms with Crippen LogP contribution in [0.25, 0.3) is 0 Å². The quantitative estimate of drug-likeness (QED) is 0.876. The zero-order valence-electron chi connectivity index (χ0n) is 11.7. The van der Waals surface area contributed by atoms with Gasteiger partial charge in [0.25, 0.3) is 5.91 Å². The van der Waals surface area contributed by atoms with Crippen molar-refractivity contribution >= 4 is 11.6 Å². The molecule has 1 aromatic heterocycles. The number of rotatable bonds is 5. The van der Waals surface area contributed by atoms with E-state index in [1.54, 1.807) is 14.0 Å². The van der Waals surface area contributed by atoms with Gasteiger partial charge in [-0.3, -0.25) is 9.48 Å². The number of amides is 1. The van der Waals surface area contributed by atoms with Crippen LogP contribution in [0.5, 0.6) is 0 Å². The molecule has 0 spiro atoms. The number of nitrogens with zero attached hydrogens (tertiary/aromatic N) is 3. The van der Waals surface area contributed by atoms with E-state index in [4.69, 9.17) is 0 Å². The van der Waals surface area contributed by atoms with Crippen LogP contribution < -0.4 is 10.6 Å². The molecule has 1 aromatic carbocycles. The molecule has 0 saturated carbocycles. The number of hydrogen-bond donors (Lipinski definition) is 2. The van der Waals surface area contributed by atoms with Crippen molar-refractivity contribution in [3.63, 3.8) is 0 Å². The maximum absolute atomic E-state index is 13.7. The molecular weight excluding hydrogens is 280 g/mol. The zero-order chi connectivity index (χ0) is 15.4. The molecule has 0 aliphatic rings. The van der Waals surface area contributed by atoms with Crippen molar-refractivity contribution in [1.29, 1.82) is 0 Å². The maximum atomic E-state index is 13.7. The molecule has 0 radical (unpaired) electrons. The van der Waals surface area contributed by atoms with Gasteiger partial charge in [0.1, 0.15) is 23.6 Å². The molecule has 2 aromatic rings. The third-order valence-electron chi connectivity index (χ3n) is 2.71. The highest BCUT2D eigenvalue weighted by Gasteiger charge is 2.15. The molecule has 0 aliphatic heterocycles. The summed E-state index contributed by atoms with van der Waals surface area (Å²) in [6.45, 7) is 2.18. The number of carbonyl (C=O) groups excluding carboxylic acids is 1. The monoisotopic (exact) mass is 295 g/mol. The van der Waals surface area contributed by atoms with Gasteiger partial charge in [-0.25, -0.2) is 13.8 Å². The Morgan fingerprint density at radius 2 is 2.00 bits per heavy atom. The Bertz CT molecular complexity index is 633. The van der Waals surface area contributed by atoms with E-state index < -0.39 is 17.5 Å². The third kappa shape index (κ3) is 3.53. The van der Waals surface area contributed by atoms with Gasteiger partial charge in [-0.15, -0.1) is 0 Å². The van der Waals surface area contributed by atoms with E-state index in [2.05, 4.69) is 20.7 Å². The van der Waals surface area contributed by atoms with Gasteiger partial charge in [-0.05, 0) is 19.1 Å². The van der Waals surface area contributed by atoms with Gasteiger partial charge in [-0.2, -0.15) is 5.10 Å².